The summed E-state index contributed by atoms with van der Waals surface area (Å²) in [6.45, 7) is -0.0573. The molecule has 2 rings (SSSR count). The highest BCUT2D eigenvalue weighted by Gasteiger charge is 2.30. The lowest BCUT2D eigenvalue weighted by Gasteiger charge is -2.08. The highest BCUT2D eigenvalue weighted by Crippen LogP contribution is 2.29. The number of alkyl halides is 3. The van der Waals surface area contributed by atoms with Crippen molar-refractivity contribution in [3.63, 3.8) is 0 Å². The molecule has 1 aromatic heterocycles. The molecule has 150 valence electrons. The van der Waals surface area contributed by atoms with Crippen LogP contribution in [0.15, 0.2) is 54.7 Å². The first-order valence-electron chi connectivity index (χ1n) is 8.64. The number of ketones is 1. The molecule has 0 fully saturated rings. The molecule has 1 heterocycles. The largest absolute Gasteiger partial charge is 0.465 e. The van der Waals surface area contributed by atoms with Gasteiger partial charge in [0.05, 0.1) is 29.9 Å². The zero-order chi connectivity index (χ0) is 21.3. The number of halogens is 3. The minimum Gasteiger partial charge on any atom is -0.465 e. The van der Waals surface area contributed by atoms with Crippen LogP contribution in [0.3, 0.4) is 0 Å². The Morgan fingerprint density at radius 2 is 2.00 bits per heavy atom. The summed E-state index contributed by atoms with van der Waals surface area (Å²) in [6.07, 6.45) is -1.00. The second-order valence-electron chi connectivity index (χ2n) is 6.05. The number of esters is 1. The van der Waals surface area contributed by atoms with E-state index < -0.39 is 35.8 Å². The van der Waals surface area contributed by atoms with Gasteiger partial charge in [0.25, 0.3) is 0 Å². The first-order valence-corrected chi connectivity index (χ1v) is 8.64. The summed E-state index contributed by atoms with van der Waals surface area (Å²) >= 11 is 0. The normalized spacial score (nSPS) is 12.3. The van der Waals surface area contributed by atoms with E-state index in [0.717, 1.165) is 18.2 Å². The third kappa shape index (κ3) is 7.22. The number of hydrogen-bond acceptors (Lipinski definition) is 5. The summed E-state index contributed by atoms with van der Waals surface area (Å²) < 4.78 is 43.0. The van der Waals surface area contributed by atoms with Gasteiger partial charge in [0.1, 0.15) is 6.42 Å². The number of nitrogens with zero attached hydrogens (tertiary/aromatic N) is 2. The van der Waals surface area contributed by atoms with Gasteiger partial charge in [-0.05, 0) is 35.9 Å². The smallest absolute Gasteiger partial charge is 0.416 e. The molecule has 1 atom stereocenters. The number of carbonyl (C=O) groups excluding carboxylic acids is 2. The molecule has 1 unspecified atom stereocenters. The SMILES string of the molecule is N#CC(CCOC(=O)CC(=O)C=Cc1cccc(C(F)(F)F)c1)c1ccccn1. The molecular weight excluding hydrogens is 385 g/mol. The molecule has 29 heavy (non-hydrogen) atoms. The van der Waals surface area contributed by atoms with Crippen molar-refractivity contribution in [1.29, 1.82) is 5.26 Å². The van der Waals surface area contributed by atoms with Gasteiger partial charge in [-0.25, -0.2) is 0 Å². The molecule has 5 nitrogen and oxygen atoms in total. The maximum atomic E-state index is 12.7. The molecule has 0 radical (unpaired) electrons. The summed E-state index contributed by atoms with van der Waals surface area (Å²) in [6, 6.07) is 11.7. The number of hydrogen-bond donors (Lipinski definition) is 0. The lowest BCUT2D eigenvalue weighted by Crippen LogP contribution is -2.12. The van der Waals surface area contributed by atoms with Crippen LogP contribution in [-0.2, 0) is 20.5 Å². The van der Waals surface area contributed by atoms with Crippen molar-refractivity contribution in [2.24, 2.45) is 0 Å². The van der Waals surface area contributed by atoms with E-state index >= 15 is 0 Å². The molecule has 8 heteroatoms. The molecule has 0 spiro atoms. The number of aromatic nitrogens is 1. The van der Waals surface area contributed by atoms with E-state index in [4.69, 9.17) is 4.74 Å². The Morgan fingerprint density at radius 1 is 1.21 bits per heavy atom. The number of benzene rings is 1. The van der Waals surface area contributed by atoms with Crippen LogP contribution in [0.2, 0.25) is 0 Å². The van der Waals surface area contributed by atoms with Crippen molar-refractivity contribution < 1.29 is 27.5 Å². The van der Waals surface area contributed by atoms with Crippen LogP contribution < -0.4 is 0 Å². The molecule has 0 aliphatic rings. The third-order valence-corrected chi connectivity index (χ3v) is 3.86. The summed E-state index contributed by atoms with van der Waals surface area (Å²) in [5.74, 6) is -1.92. The number of pyridine rings is 1. The van der Waals surface area contributed by atoms with Crippen LogP contribution in [0.4, 0.5) is 13.2 Å². The fourth-order valence-corrected chi connectivity index (χ4v) is 2.41. The van der Waals surface area contributed by atoms with Crippen molar-refractivity contribution >= 4 is 17.8 Å². The predicted molar refractivity (Wildman–Crippen MR) is 98.3 cm³/mol. The highest BCUT2D eigenvalue weighted by atomic mass is 19.4. The number of allylic oxidation sites excluding steroid dienone is 1. The average Bonchev–Trinajstić information content (AvgIpc) is 2.70. The van der Waals surface area contributed by atoms with E-state index in [9.17, 15) is 28.0 Å². The van der Waals surface area contributed by atoms with E-state index in [0.29, 0.717) is 5.69 Å². The van der Waals surface area contributed by atoms with Crippen LogP contribution in [-0.4, -0.2) is 23.3 Å². The standard InChI is InChI=1S/C21H17F3N2O3/c22-21(23,24)17-5-3-4-15(12-17)7-8-18(27)13-20(28)29-11-9-16(14-25)19-6-1-2-10-26-19/h1-8,10,12,16H,9,11,13H2. The van der Waals surface area contributed by atoms with Gasteiger partial charge in [-0.2, -0.15) is 18.4 Å². The zero-order valence-corrected chi connectivity index (χ0v) is 15.2. The van der Waals surface area contributed by atoms with Gasteiger partial charge in [-0.3, -0.25) is 14.6 Å². The predicted octanol–water partition coefficient (Wildman–Crippen LogP) is 4.31. The molecule has 0 N–H and O–H groups in total. The third-order valence-electron chi connectivity index (χ3n) is 3.86. The minimum absolute atomic E-state index is 0.0573. The zero-order valence-electron chi connectivity index (χ0n) is 15.2. The van der Waals surface area contributed by atoms with Crippen LogP contribution in [0.5, 0.6) is 0 Å². The number of carbonyl (C=O) groups is 2. The number of ether oxygens (including phenoxy) is 1. The van der Waals surface area contributed by atoms with Crippen molar-refractivity contribution in [2.75, 3.05) is 6.61 Å². The Hall–Kier alpha value is -3.47. The van der Waals surface area contributed by atoms with Gasteiger partial charge < -0.3 is 4.74 Å². The van der Waals surface area contributed by atoms with Crippen LogP contribution in [0.25, 0.3) is 6.08 Å². The maximum absolute atomic E-state index is 12.7. The van der Waals surface area contributed by atoms with Gasteiger partial charge in [-0.15, -0.1) is 0 Å². The van der Waals surface area contributed by atoms with Crippen molar-refractivity contribution in [3.8, 4) is 6.07 Å². The monoisotopic (exact) mass is 402 g/mol. The Morgan fingerprint density at radius 3 is 2.66 bits per heavy atom. The minimum atomic E-state index is -4.48. The van der Waals surface area contributed by atoms with Crippen LogP contribution >= 0.6 is 0 Å². The van der Waals surface area contributed by atoms with Gasteiger partial charge in [-0.1, -0.05) is 24.3 Å². The summed E-state index contributed by atoms with van der Waals surface area (Å²) in [7, 11) is 0. The summed E-state index contributed by atoms with van der Waals surface area (Å²) in [5.41, 5.74) is -0.0774. The molecule has 0 saturated carbocycles. The second-order valence-corrected chi connectivity index (χ2v) is 6.05. The van der Waals surface area contributed by atoms with Crippen LogP contribution in [0, 0.1) is 11.3 Å². The van der Waals surface area contributed by atoms with Gasteiger partial charge in [0, 0.05) is 12.6 Å². The van der Waals surface area contributed by atoms with E-state index in [1.807, 2.05) is 0 Å². The molecule has 0 amide bonds. The Labute approximate surface area is 165 Å². The average molecular weight is 402 g/mol. The molecule has 0 aliphatic heterocycles. The second kappa shape index (κ2) is 10.2. The van der Waals surface area contributed by atoms with E-state index in [2.05, 4.69) is 11.1 Å². The van der Waals surface area contributed by atoms with Gasteiger partial charge >= 0.3 is 12.1 Å². The molecule has 2 aromatic rings. The van der Waals surface area contributed by atoms with Crippen molar-refractivity contribution in [2.45, 2.75) is 24.9 Å². The molecule has 0 aliphatic carbocycles. The summed E-state index contributed by atoms with van der Waals surface area (Å²) in [5, 5.41) is 9.17. The fraction of sp³-hybridized carbons (Fsp3) is 0.238. The van der Waals surface area contributed by atoms with Gasteiger partial charge in [0.15, 0.2) is 5.78 Å². The number of nitriles is 1. The lowest BCUT2D eigenvalue weighted by molar-refractivity contribution is -0.145. The molecule has 0 bridgehead atoms. The van der Waals surface area contributed by atoms with E-state index in [-0.39, 0.29) is 18.6 Å². The Bertz CT molecular complexity index is 919. The highest BCUT2D eigenvalue weighted by molar-refractivity contribution is 6.03. The van der Waals surface area contributed by atoms with E-state index in [1.165, 1.54) is 18.2 Å². The molecular formula is C21H17F3N2O3. The summed E-state index contributed by atoms with van der Waals surface area (Å²) in [4.78, 5) is 27.6. The molecule has 0 saturated heterocycles. The maximum Gasteiger partial charge on any atom is 0.416 e. The first-order chi connectivity index (χ1) is 13.8. The van der Waals surface area contributed by atoms with Crippen molar-refractivity contribution in [3.05, 3.63) is 71.6 Å². The Kier molecular flexibility index (Phi) is 7.66. The molecule has 1 aromatic carbocycles. The Balaban J connectivity index is 1.81. The van der Waals surface area contributed by atoms with Gasteiger partial charge in [0.2, 0.25) is 0 Å². The van der Waals surface area contributed by atoms with E-state index in [1.54, 1.807) is 24.4 Å². The quantitative estimate of drug-likeness (QED) is 0.373. The van der Waals surface area contributed by atoms with Crippen molar-refractivity contribution in [1.82, 2.24) is 4.98 Å². The van der Waals surface area contributed by atoms with Crippen LogP contribution in [0.1, 0.15) is 35.6 Å². The number of rotatable bonds is 8. The topological polar surface area (TPSA) is 80.0 Å². The fourth-order valence-electron chi connectivity index (χ4n) is 2.41. The first kappa shape index (κ1) is 21.8. The lowest BCUT2D eigenvalue weighted by atomic mass is 10.0.